The SMILES string of the molecule is CC(C)CNS(=O)(=O)c1cccc(S(=O)(=O)[C@@H]2CCS(=O)(=O)C2)c1. The lowest BCUT2D eigenvalue weighted by Crippen LogP contribution is -2.28. The molecule has 10 heteroatoms. The van der Waals surface area contributed by atoms with Crippen LogP contribution in [0.1, 0.15) is 20.3 Å². The third kappa shape index (κ3) is 4.35. The van der Waals surface area contributed by atoms with Gasteiger partial charge in [0.15, 0.2) is 19.7 Å². The van der Waals surface area contributed by atoms with E-state index >= 15 is 0 Å². The van der Waals surface area contributed by atoms with Crippen molar-refractivity contribution >= 4 is 29.7 Å². The number of benzene rings is 1. The smallest absolute Gasteiger partial charge is 0.229 e. The topological polar surface area (TPSA) is 114 Å². The van der Waals surface area contributed by atoms with Gasteiger partial charge in [-0.15, -0.1) is 0 Å². The number of nitrogens with one attached hydrogen (secondary N) is 1. The van der Waals surface area contributed by atoms with Crippen LogP contribution in [-0.4, -0.2) is 48.6 Å². The molecule has 1 aromatic rings. The Hall–Kier alpha value is -0.970. The van der Waals surface area contributed by atoms with Crippen molar-refractivity contribution in [2.45, 2.75) is 35.3 Å². The first kappa shape index (κ1) is 19.4. The standard InChI is InChI=1S/C14H21NO6S3/c1-11(2)9-15-24(20,21)13-5-3-4-12(8-13)23(18,19)14-6-7-22(16,17)10-14/h3-5,8,11,14-15H,6-7,9-10H2,1-2H3/t14-/m1/s1. The molecule has 1 N–H and O–H groups in total. The predicted molar refractivity (Wildman–Crippen MR) is 90.7 cm³/mol. The van der Waals surface area contributed by atoms with Crippen LogP contribution in [0.5, 0.6) is 0 Å². The highest BCUT2D eigenvalue weighted by Crippen LogP contribution is 2.26. The molecule has 1 heterocycles. The van der Waals surface area contributed by atoms with Crippen molar-refractivity contribution in [1.82, 2.24) is 4.72 Å². The number of hydrogen-bond donors (Lipinski definition) is 1. The molecule has 0 bridgehead atoms. The van der Waals surface area contributed by atoms with Crippen LogP contribution in [0.3, 0.4) is 0 Å². The van der Waals surface area contributed by atoms with Crippen LogP contribution in [0.2, 0.25) is 0 Å². The molecular formula is C14H21NO6S3. The second-order valence-electron chi connectivity index (χ2n) is 6.29. The van der Waals surface area contributed by atoms with E-state index in [0.717, 1.165) is 6.07 Å². The van der Waals surface area contributed by atoms with Crippen molar-refractivity contribution < 1.29 is 25.3 Å². The summed E-state index contributed by atoms with van der Waals surface area (Å²) in [6, 6.07) is 5.04. The molecule has 0 saturated carbocycles. The molecule has 1 aliphatic heterocycles. The lowest BCUT2D eigenvalue weighted by molar-refractivity contribution is 0.559. The molecule has 0 radical (unpaired) electrons. The Morgan fingerprint density at radius 1 is 1.17 bits per heavy atom. The van der Waals surface area contributed by atoms with E-state index in [1.165, 1.54) is 18.2 Å². The third-order valence-corrected chi connectivity index (χ3v) is 9.35. The zero-order valence-electron chi connectivity index (χ0n) is 13.5. The average molecular weight is 396 g/mol. The van der Waals surface area contributed by atoms with Gasteiger partial charge in [-0.3, -0.25) is 0 Å². The molecule has 0 aliphatic carbocycles. The zero-order valence-corrected chi connectivity index (χ0v) is 15.9. The van der Waals surface area contributed by atoms with Crippen LogP contribution >= 0.6 is 0 Å². The number of hydrogen-bond acceptors (Lipinski definition) is 6. The number of sulfonamides is 1. The van der Waals surface area contributed by atoms with Crippen molar-refractivity contribution in [2.24, 2.45) is 5.92 Å². The summed E-state index contributed by atoms with van der Waals surface area (Å²) in [5.74, 6) is -0.474. The van der Waals surface area contributed by atoms with Gasteiger partial charge in [-0.1, -0.05) is 19.9 Å². The maximum absolute atomic E-state index is 12.6. The Bertz CT molecular complexity index is 917. The van der Waals surface area contributed by atoms with Gasteiger partial charge in [0, 0.05) is 6.54 Å². The van der Waals surface area contributed by atoms with E-state index in [1.807, 2.05) is 13.8 Å². The van der Waals surface area contributed by atoms with Gasteiger partial charge in [0.1, 0.15) is 0 Å². The minimum Gasteiger partial charge on any atom is -0.229 e. The fourth-order valence-electron chi connectivity index (χ4n) is 2.38. The molecule has 0 unspecified atom stereocenters. The summed E-state index contributed by atoms with van der Waals surface area (Å²) in [6.07, 6.45) is 0.0350. The zero-order chi connectivity index (χ0) is 18.2. The van der Waals surface area contributed by atoms with Crippen LogP contribution in [0.25, 0.3) is 0 Å². The minimum atomic E-state index is -3.90. The van der Waals surface area contributed by atoms with Crippen molar-refractivity contribution in [2.75, 3.05) is 18.1 Å². The largest absolute Gasteiger partial charge is 0.240 e. The number of rotatable bonds is 6. The molecule has 1 aromatic carbocycles. The highest BCUT2D eigenvalue weighted by Gasteiger charge is 2.38. The van der Waals surface area contributed by atoms with Gasteiger partial charge in [0.25, 0.3) is 0 Å². The normalized spacial score (nSPS) is 21.2. The third-order valence-electron chi connectivity index (χ3n) is 3.76. The highest BCUT2D eigenvalue weighted by atomic mass is 32.2. The van der Waals surface area contributed by atoms with Crippen LogP contribution in [-0.2, 0) is 29.7 Å². The molecule has 0 spiro atoms. The fourth-order valence-corrected chi connectivity index (χ4v) is 8.11. The molecule has 1 aliphatic rings. The van der Waals surface area contributed by atoms with Crippen molar-refractivity contribution in [1.29, 1.82) is 0 Å². The monoisotopic (exact) mass is 395 g/mol. The summed E-state index contributed by atoms with van der Waals surface area (Å²) in [7, 11) is -11.1. The van der Waals surface area contributed by atoms with Gasteiger partial charge in [-0.25, -0.2) is 30.0 Å². The average Bonchev–Trinajstić information content (AvgIpc) is 2.86. The van der Waals surface area contributed by atoms with Crippen LogP contribution in [0.15, 0.2) is 34.1 Å². The maximum atomic E-state index is 12.6. The van der Waals surface area contributed by atoms with Gasteiger partial charge in [-0.05, 0) is 30.5 Å². The summed E-state index contributed by atoms with van der Waals surface area (Å²) in [4.78, 5) is -0.317. The Kier molecular flexibility index (Phi) is 5.43. The fraction of sp³-hybridized carbons (Fsp3) is 0.571. The summed E-state index contributed by atoms with van der Waals surface area (Å²) in [5.41, 5.74) is 0. The molecule has 1 saturated heterocycles. The summed E-state index contributed by atoms with van der Waals surface area (Å²) < 4.78 is 75.1. The van der Waals surface area contributed by atoms with Gasteiger partial charge in [0.2, 0.25) is 10.0 Å². The lowest BCUT2D eigenvalue weighted by Gasteiger charge is -2.12. The Balaban J connectivity index is 2.34. The Labute approximate surface area is 143 Å². The summed E-state index contributed by atoms with van der Waals surface area (Å²) in [6.45, 7) is 3.94. The van der Waals surface area contributed by atoms with Crippen LogP contribution in [0.4, 0.5) is 0 Å². The van der Waals surface area contributed by atoms with Crippen LogP contribution < -0.4 is 4.72 Å². The minimum absolute atomic E-state index is 0.0350. The molecule has 2 rings (SSSR count). The second-order valence-corrected chi connectivity index (χ2v) is 12.5. The van der Waals surface area contributed by atoms with Gasteiger partial charge in [0.05, 0.1) is 26.5 Å². The highest BCUT2D eigenvalue weighted by molar-refractivity contribution is 7.96. The first-order chi connectivity index (χ1) is 10.9. The lowest BCUT2D eigenvalue weighted by atomic mass is 10.2. The molecular weight excluding hydrogens is 374 g/mol. The van der Waals surface area contributed by atoms with Gasteiger partial charge >= 0.3 is 0 Å². The predicted octanol–water partition coefficient (Wildman–Crippen LogP) is 0.582. The first-order valence-electron chi connectivity index (χ1n) is 7.48. The molecule has 1 atom stereocenters. The van der Waals surface area contributed by atoms with E-state index in [4.69, 9.17) is 0 Å². The molecule has 0 amide bonds. The Morgan fingerprint density at radius 2 is 1.79 bits per heavy atom. The van der Waals surface area contributed by atoms with E-state index in [-0.39, 0.29) is 34.4 Å². The summed E-state index contributed by atoms with van der Waals surface area (Å²) >= 11 is 0. The molecule has 0 aromatic heterocycles. The molecule has 1 fully saturated rings. The van der Waals surface area contributed by atoms with E-state index < -0.39 is 40.7 Å². The quantitative estimate of drug-likeness (QED) is 0.754. The molecule has 24 heavy (non-hydrogen) atoms. The Morgan fingerprint density at radius 3 is 2.33 bits per heavy atom. The van der Waals surface area contributed by atoms with Crippen molar-refractivity contribution in [3.63, 3.8) is 0 Å². The van der Waals surface area contributed by atoms with E-state index in [2.05, 4.69) is 4.72 Å². The van der Waals surface area contributed by atoms with Gasteiger partial charge in [-0.2, -0.15) is 0 Å². The van der Waals surface area contributed by atoms with Crippen LogP contribution in [0, 0.1) is 5.92 Å². The molecule has 7 nitrogen and oxygen atoms in total. The van der Waals surface area contributed by atoms with Gasteiger partial charge < -0.3 is 0 Å². The van der Waals surface area contributed by atoms with E-state index in [9.17, 15) is 25.3 Å². The van der Waals surface area contributed by atoms with Crippen molar-refractivity contribution in [3.8, 4) is 0 Å². The second kappa shape index (κ2) is 6.74. The van der Waals surface area contributed by atoms with E-state index in [0.29, 0.717) is 0 Å². The maximum Gasteiger partial charge on any atom is 0.240 e. The van der Waals surface area contributed by atoms with E-state index in [1.54, 1.807) is 0 Å². The summed E-state index contributed by atoms with van der Waals surface area (Å²) in [5, 5.41) is -1.02. The first-order valence-corrected chi connectivity index (χ1v) is 12.3. The molecule has 136 valence electrons. The van der Waals surface area contributed by atoms with Crippen molar-refractivity contribution in [3.05, 3.63) is 24.3 Å². The number of sulfone groups is 2.